The topological polar surface area (TPSA) is 54.9 Å². The lowest BCUT2D eigenvalue weighted by Crippen LogP contribution is -2.31. The minimum atomic E-state index is -0.0810. The van der Waals surface area contributed by atoms with Crippen molar-refractivity contribution in [2.75, 3.05) is 0 Å². The van der Waals surface area contributed by atoms with Gasteiger partial charge in [0.05, 0.1) is 18.2 Å². The second kappa shape index (κ2) is 9.26. The summed E-state index contributed by atoms with van der Waals surface area (Å²) in [4.78, 5) is 21.5. The second-order valence-electron chi connectivity index (χ2n) is 6.78. The fourth-order valence-corrected chi connectivity index (χ4v) is 4.02. The third-order valence-electron chi connectivity index (χ3n) is 4.62. The summed E-state index contributed by atoms with van der Waals surface area (Å²) in [6, 6.07) is 24.1. The molecule has 0 radical (unpaired) electrons. The molecule has 1 N–H and O–H groups in total. The first-order valence-corrected chi connectivity index (χ1v) is 10.4. The van der Waals surface area contributed by atoms with Crippen molar-refractivity contribution in [3.8, 4) is 10.6 Å². The normalized spacial score (nSPS) is 11.7. The average Bonchev–Trinajstić information content (AvgIpc) is 3.24. The molecule has 1 atom stereocenters. The lowest BCUT2D eigenvalue weighted by atomic mass is 9.98. The van der Waals surface area contributed by atoms with E-state index in [1.165, 1.54) is 16.9 Å². The third-order valence-corrected chi connectivity index (χ3v) is 5.56. The Balaban J connectivity index is 1.46. The summed E-state index contributed by atoms with van der Waals surface area (Å²) in [5.41, 5.74) is 4.03. The Morgan fingerprint density at radius 1 is 0.966 bits per heavy atom. The van der Waals surface area contributed by atoms with Crippen LogP contribution in [0.5, 0.6) is 0 Å². The first kappa shape index (κ1) is 19.0. The number of hydrogen-bond acceptors (Lipinski definition) is 4. The molecule has 0 saturated carbocycles. The summed E-state index contributed by atoms with van der Waals surface area (Å²) in [6.45, 7) is 0. The van der Waals surface area contributed by atoms with Crippen molar-refractivity contribution < 1.29 is 4.79 Å². The van der Waals surface area contributed by atoms with Crippen LogP contribution in [0.1, 0.15) is 22.9 Å². The molecule has 0 spiro atoms. The zero-order chi connectivity index (χ0) is 19.9. The van der Waals surface area contributed by atoms with Crippen LogP contribution in [-0.2, 0) is 17.6 Å². The maximum atomic E-state index is 12.8. The van der Waals surface area contributed by atoms with Gasteiger partial charge in [0.1, 0.15) is 5.01 Å². The van der Waals surface area contributed by atoms with E-state index in [0.29, 0.717) is 0 Å². The summed E-state index contributed by atoms with van der Waals surface area (Å²) in [5.74, 6) is -0.0298. The average molecular weight is 400 g/mol. The van der Waals surface area contributed by atoms with Crippen molar-refractivity contribution in [3.05, 3.63) is 107 Å². The van der Waals surface area contributed by atoms with Gasteiger partial charge in [-0.1, -0.05) is 60.7 Å². The minimum absolute atomic E-state index is 0.0298. The molecule has 1 amide bonds. The number of nitrogens with zero attached hydrogens (tertiary/aromatic N) is 2. The van der Waals surface area contributed by atoms with Crippen molar-refractivity contribution in [1.82, 2.24) is 15.3 Å². The van der Waals surface area contributed by atoms with E-state index in [1.54, 1.807) is 12.4 Å². The van der Waals surface area contributed by atoms with Crippen LogP contribution in [0.15, 0.2) is 90.6 Å². The van der Waals surface area contributed by atoms with E-state index in [4.69, 9.17) is 0 Å². The predicted octanol–water partition coefficient (Wildman–Crippen LogP) is 4.85. The fraction of sp³-hybridized carbons (Fsp3) is 0.125. The van der Waals surface area contributed by atoms with Crippen LogP contribution < -0.4 is 5.32 Å². The Morgan fingerprint density at radius 2 is 1.72 bits per heavy atom. The first-order chi connectivity index (χ1) is 14.3. The molecule has 0 aliphatic heterocycles. The maximum absolute atomic E-state index is 12.8. The quantitative estimate of drug-likeness (QED) is 0.483. The fourth-order valence-electron chi connectivity index (χ4n) is 3.21. The molecule has 2 aromatic carbocycles. The van der Waals surface area contributed by atoms with Gasteiger partial charge in [-0.05, 0) is 29.7 Å². The predicted molar refractivity (Wildman–Crippen MR) is 117 cm³/mol. The van der Waals surface area contributed by atoms with Gasteiger partial charge in [-0.15, -0.1) is 11.3 Å². The highest BCUT2D eigenvalue weighted by Gasteiger charge is 2.17. The number of carbonyl (C=O) groups is 1. The highest BCUT2D eigenvalue weighted by atomic mass is 32.1. The monoisotopic (exact) mass is 399 g/mol. The van der Waals surface area contributed by atoms with E-state index < -0.39 is 0 Å². The zero-order valence-electron chi connectivity index (χ0n) is 15.9. The van der Waals surface area contributed by atoms with Gasteiger partial charge < -0.3 is 5.32 Å². The summed E-state index contributed by atoms with van der Waals surface area (Å²) >= 11 is 1.53. The number of benzene rings is 2. The minimum Gasteiger partial charge on any atom is -0.349 e. The number of nitrogens with one attached hydrogen (secondary N) is 1. The van der Waals surface area contributed by atoms with Crippen molar-refractivity contribution in [2.45, 2.75) is 18.9 Å². The highest BCUT2D eigenvalue weighted by Crippen LogP contribution is 2.23. The molecule has 0 fully saturated rings. The van der Waals surface area contributed by atoms with Gasteiger partial charge in [-0.25, -0.2) is 4.98 Å². The van der Waals surface area contributed by atoms with Crippen LogP contribution >= 0.6 is 11.3 Å². The molecule has 4 aromatic rings. The summed E-state index contributed by atoms with van der Waals surface area (Å²) < 4.78 is 0. The summed E-state index contributed by atoms with van der Waals surface area (Å²) in [5, 5.41) is 6.01. The Labute approximate surface area is 174 Å². The van der Waals surface area contributed by atoms with E-state index >= 15 is 0 Å². The molecule has 0 bridgehead atoms. The van der Waals surface area contributed by atoms with Crippen LogP contribution in [0.25, 0.3) is 10.6 Å². The van der Waals surface area contributed by atoms with Gasteiger partial charge >= 0.3 is 0 Å². The van der Waals surface area contributed by atoms with Crippen LogP contribution in [0, 0.1) is 0 Å². The summed E-state index contributed by atoms with van der Waals surface area (Å²) in [7, 11) is 0. The summed E-state index contributed by atoms with van der Waals surface area (Å²) in [6.07, 6.45) is 4.53. The second-order valence-corrected chi connectivity index (χ2v) is 7.64. The first-order valence-electron chi connectivity index (χ1n) is 9.51. The standard InChI is InChI=1S/C24H21N3OS/c28-23(15-21-17-29-24(26-21)20-12-7-13-25-16-20)27-22(19-10-5-2-6-11-19)14-18-8-3-1-4-9-18/h1-13,16-17,22H,14-15H2,(H,27,28). The Morgan fingerprint density at radius 3 is 2.45 bits per heavy atom. The van der Waals surface area contributed by atoms with Gasteiger partial charge in [0.25, 0.3) is 0 Å². The molecule has 0 saturated heterocycles. The number of rotatable bonds is 7. The van der Waals surface area contributed by atoms with Crippen LogP contribution in [0.3, 0.4) is 0 Å². The van der Waals surface area contributed by atoms with Crippen LogP contribution in [0.2, 0.25) is 0 Å². The lowest BCUT2D eigenvalue weighted by molar-refractivity contribution is -0.121. The van der Waals surface area contributed by atoms with E-state index in [9.17, 15) is 4.79 Å². The molecule has 0 aliphatic rings. The van der Waals surface area contributed by atoms with Gasteiger partial charge in [0.2, 0.25) is 5.91 Å². The molecule has 2 aromatic heterocycles. The van der Waals surface area contributed by atoms with Gasteiger partial charge in [-0.2, -0.15) is 0 Å². The van der Waals surface area contributed by atoms with E-state index in [1.807, 2.05) is 53.9 Å². The molecule has 5 heteroatoms. The largest absolute Gasteiger partial charge is 0.349 e. The molecule has 4 rings (SSSR count). The van der Waals surface area contributed by atoms with Gasteiger partial charge in [0, 0.05) is 23.3 Å². The maximum Gasteiger partial charge on any atom is 0.226 e. The Kier molecular flexibility index (Phi) is 6.07. The molecular weight excluding hydrogens is 378 g/mol. The van der Waals surface area contributed by atoms with Crippen molar-refractivity contribution in [2.24, 2.45) is 0 Å². The number of aromatic nitrogens is 2. The van der Waals surface area contributed by atoms with E-state index in [2.05, 4.69) is 39.6 Å². The van der Waals surface area contributed by atoms with Crippen LogP contribution in [-0.4, -0.2) is 15.9 Å². The van der Waals surface area contributed by atoms with Crippen LogP contribution in [0.4, 0.5) is 0 Å². The highest BCUT2D eigenvalue weighted by molar-refractivity contribution is 7.13. The van der Waals surface area contributed by atoms with Crippen molar-refractivity contribution >= 4 is 17.2 Å². The smallest absolute Gasteiger partial charge is 0.226 e. The SMILES string of the molecule is O=C(Cc1csc(-c2cccnc2)n1)NC(Cc1ccccc1)c1ccccc1. The van der Waals surface area contributed by atoms with E-state index in [-0.39, 0.29) is 18.4 Å². The lowest BCUT2D eigenvalue weighted by Gasteiger charge is -2.19. The number of hydrogen-bond donors (Lipinski definition) is 1. The molecule has 144 valence electrons. The molecule has 2 heterocycles. The Hall–Kier alpha value is -3.31. The van der Waals surface area contributed by atoms with Crippen molar-refractivity contribution in [3.63, 3.8) is 0 Å². The van der Waals surface area contributed by atoms with Gasteiger partial charge in [-0.3, -0.25) is 9.78 Å². The molecule has 29 heavy (non-hydrogen) atoms. The third kappa shape index (κ3) is 5.15. The Bertz CT molecular complexity index is 1050. The molecule has 1 unspecified atom stereocenters. The number of carbonyl (C=O) groups excluding carboxylic acids is 1. The van der Waals surface area contributed by atoms with Gasteiger partial charge in [0.15, 0.2) is 0 Å². The number of pyridine rings is 1. The molecular formula is C24H21N3OS. The van der Waals surface area contributed by atoms with Crippen molar-refractivity contribution in [1.29, 1.82) is 0 Å². The number of thiazole rings is 1. The number of amides is 1. The van der Waals surface area contributed by atoms with E-state index in [0.717, 1.165) is 28.2 Å². The molecule has 4 nitrogen and oxygen atoms in total. The zero-order valence-corrected chi connectivity index (χ0v) is 16.7. The molecule has 0 aliphatic carbocycles.